The van der Waals surface area contributed by atoms with Crippen molar-refractivity contribution in [3.05, 3.63) is 23.8 Å². The standard InChI is InChI=1S/C15H24N2O2/c1-19-15-12-13(5-6-14(15)18)4-2-3-9-17-10-7-16-8-11-17/h5-6,12,16,18H,2-4,7-11H2,1H3. The van der Waals surface area contributed by atoms with E-state index in [0.29, 0.717) is 5.75 Å². The van der Waals surface area contributed by atoms with Crippen LogP contribution in [0.15, 0.2) is 18.2 Å². The number of hydrogen-bond donors (Lipinski definition) is 2. The van der Waals surface area contributed by atoms with Crippen molar-refractivity contribution < 1.29 is 9.84 Å². The summed E-state index contributed by atoms with van der Waals surface area (Å²) < 4.78 is 5.12. The summed E-state index contributed by atoms with van der Waals surface area (Å²) in [6, 6.07) is 5.62. The number of benzene rings is 1. The number of phenols is 1. The smallest absolute Gasteiger partial charge is 0.160 e. The minimum atomic E-state index is 0.215. The van der Waals surface area contributed by atoms with Crippen molar-refractivity contribution in [2.45, 2.75) is 19.3 Å². The molecule has 0 amide bonds. The van der Waals surface area contributed by atoms with Crippen LogP contribution in [-0.4, -0.2) is 49.8 Å². The second-order valence-electron chi connectivity index (χ2n) is 5.05. The summed E-state index contributed by atoms with van der Waals surface area (Å²) >= 11 is 0. The van der Waals surface area contributed by atoms with E-state index in [2.05, 4.69) is 10.2 Å². The molecule has 0 spiro atoms. The summed E-state index contributed by atoms with van der Waals surface area (Å²) in [5.74, 6) is 0.784. The minimum absolute atomic E-state index is 0.215. The number of nitrogens with one attached hydrogen (secondary N) is 1. The van der Waals surface area contributed by atoms with Gasteiger partial charge in [0, 0.05) is 26.2 Å². The SMILES string of the molecule is COc1cc(CCCCN2CCNCC2)ccc1O. The molecule has 1 fully saturated rings. The number of piperazine rings is 1. The van der Waals surface area contributed by atoms with Gasteiger partial charge in [0.2, 0.25) is 0 Å². The molecule has 1 aromatic carbocycles. The van der Waals surface area contributed by atoms with Crippen molar-refractivity contribution in [3.8, 4) is 11.5 Å². The van der Waals surface area contributed by atoms with Crippen molar-refractivity contribution >= 4 is 0 Å². The lowest BCUT2D eigenvalue weighted by molar-refractivity contribution is 0.237. The van der Waals surface area contributed by atoms with Gasteiger partial charge in [-0.3, -0.25) is 0 Å². The highest BCUT2D eigenvalue weighted by molar-refractivity contribution is 5.41. The molecule has 0 radical (unpaired) electrons. The third-order valence-electron chi connectivity index (χ3n) is 3.64. The molecular formula is C15H24N2O2. The summed E-state index contributed by atoms with van der Waals surface area (Å²) in [6.07, 6.45) is 3.45. The number of hydrogen-bond acceptors (Lipinski definition) is 4. The number of aromatic hydroxyl groups is 1. The number of ether oxygens (including phenoxy) is 1. The highest BCUT2D eigenvalue weighted by Crippen LogP contribution is 2.26. The van der Waals surface area contributed by atoms with Crippen LogP contribution >= 0.6 is 0 Å². The summed E-state index contributed by atoms with van der Waals surface area (Å²) in [4.78, 5) is 2.52. The molecule has 0 aliphatic carbocycles. The van der Waals surface area contributed by atoms with Gasteiger partial charge in [0.15, 0.2) is 11.5 Å². The summed E-state index contributed by atoms with van der Waals surface area (Å²) in [6.45, 7) is 5.78. The molecule has 19 heavy (non-hydrogen) atoms. The predicted octanol–water partition coefficient (Wildman–Crippen LogP) is 1.63. The van der Waals surface area contributed by atoms with Crippen LogP contribution in [0.2, 0.25) is 0 Å². The molecule has 0 bridgehead atoms. The first-order valence-electron chi connectivity index (χ1n) is 7.08. The lowest BCUT2D eigenvalue weighted by atomic mass is 10.1. The van der Waals surface area contributed by atoms with Gasteiger partial charge in [0.1, 0.15) is 0 Å². The third-order valence-corrected chi connectivity index (χ3v) is 3.64. The average molecular weight is 264 g/mol. The molecule has 0 saturated carbocycles. The van der Waals surface area contributed by atoms with Crippen molar-refractivity contribution in [3.63, 3.8) is 0 Å². The van der Waals surface area contributed by atoms with Crippen LogP contribution in [0, 0.1) is 0 Å². The zero-order chi connectivity index (χ0) is 13.5. The van der Waals surface area contributed by atoms with Gasteiger partial charge < -0.3 is 20.1 Å². The zero-order valence-electron chi connectivity index (χ0n) is 11.7. The Labute approximate surface area is 115 Å². The van der Waals surface area contributed by atoms with E-state index in [9.17, 15) is 5.11 Å². The van der Waals surface area contributed by atoms with Crippen molar-refractivity contribution in [2.24, 2.45) is 0 Å². The fourth-order valence-electron chi connectivity index (χ4n) is 2.48. The molecule has 0 aromatic heterocycles. The molecule has 4 heteroatoms. The van der Waals surface area contributed by atoms with Gasteiger partial charge in [0.05, 0.1) is 7.11 Å². The number of unbranched alkanes of at least 4 members (excludes halogenated alkanes) is 1. The van der Waals surface area contributed by atoms with E-state index < -0.39 is 0 Å². The van der Waals surface area contributed by atoms with Crippen LogP contribution in [-0.2, 0) is 6.42 Å². The van der Waals surface area contributed by atoms with Gasteiger partial charge >= 0.3 is 0 Å². The van der Waals surface area contributed by atoms with E-state index in [1.54, 1.807) is 13.2 Å². The fraction of sp³-hybridized carbons (Fsp3) is 0.600. The summed E-state index contributed by atoms with van der Waals surface area (Å²) in [5.41, 5.74) is 1.23. The van der Waals surface area contributed by atoms with E-state index in [1.807, 2.05) is 12.1 Å². The monoisotopic (exact) mass is 264 g/mol. The van der Waals surface area contributed by atoms with Gasteiger partial charge in [-0.2, -0.15) is 0 Å². The van der Waals surface area contributed by atoms with Crippen LogP contribution in [0.5, 0.6) is 11.5 Å². The average Bonchev–Trinajstić information content (AvgIpc) is 2.46. The topological polar surface area (TPSA) is 44.7 Å². The molecular weight excluding hydrogens is 240 g/mol. The molecule has 1 aliphatic heterocycles. The van der Waals surface area contributed by atoms with Gasteiger partial charge in [-0.25, -0.2) is 0 Å². The van der Waals surface area contributed by atoms with Crippen LogP contribution < -0.4 is 10.1 Å². The molecule has 1 aliphatic rings. The van der Waals surface area contributed by atoms with Crippen molar-refractivity contribution in [1.82, 2.24) is 10.2 Å². The molecule has 4 nitrogen and oxygen atoms in total. The summed E-state index contributed by atoms with van der Waals surface area (Å²) in [7, 11) is 1.59. The molecule has 1 aromatic rings. The van der Waals surface area contributed by atoms with Crippen molar-refractivity contribution in [2.75, 3.05) is 39.8 Å². The fourth-order valence-corrected chi connectivity index (χ4v) is 2.48. The van der Waals surface area contributed by atoms with E-state index in [0.717, 1.165) is 19.5 Å². The maximum absolute atomic E-state index is 9.54. The predicted molar refractivity (Wildman–Crippen MR) is 76.9 cm³/mol. The van der Waals surface area contributed by atoms with Gasteiger partial charge in [-0.1, -0.05) is 6.07 Å². The highest BCUT2D eigenvalue weighted by atomic mass is 16.5. The van der Waals surface area contributed by atoms with Gasteiger partial charge in [-0.05, 0) is 43.5 Å². The molecule has 106 valence electrons. The first kappa shape index (κ1) is 14.2. The lowest BCUT2D eigenvalue weighted by Gasteiger charge is -2.27. The Hall–Kier alpha value is -1.26. The Balaban J connectivity index is 1.70. The maximum Gasteiger partial charge on any atom is 0.160 e. The maximum atomic E-state index is 9.54. The number of methoxy groups -OCH3 is 1. The van der Waals surface area contributed by atoms with Gasteiger partial charge in [-0.15, -0.1) is 0 Å². The minimum Gasteiger partial charge on any atom is -0.504 e. The largest absolute Gasteiger partial charge is 0.504 e. The van der Waals surface area contributed by atoms with Crippen molar-refractivity contribution in [1.29, 1.82) is 0 Å². The Bertz CT molecular complexity index is 390. The van der Waals surface area contributed by atoms with Crippen LogP contribution in [0.4, 0.5) is 0 Å². The highest BCUT2D eigenvalue weighted by Gasteiger charge is 2.08. The van der Waals surface area contributed by atoms with E-state index in [-0.39, 0.29) is 5.75 Å². The molecule has 1 saturated heterocycles. The Morgan fingerprint density at radius 1 is 1.26 bits per heavy atom. The third kappa shape index (κ3) is 4.40. The van der Waals surface area contributed by atoms with Gasteiger partial charge in [0.25, 0.3) is 0 Å². The van der Waals surface area contributed by atoms with E-state index >= 15 is 0 Å². The Kier molecular flexibility index (Phi) is 5.48. The molecule has 0 unspecified atom stereocenters. The summed E-state index contributed by atoms with van der Waals surface area (Å²) in [5, 5.41) is 12.9. The molecule has 2 N–H and O–H groups in total. The molecule has 2 rings (SSSR count). The normalized spacial score (nSPS) is 16.5. The van der Waals surface area contributed by atoms with E-state index in [4.69, 9.17) is 4.74 Å². The lowest BCUT2D eigenvalue weighted by Crippen LogP contribution is -2.43. The first-order chi connectivity index (χ1) is 9.29. The van der Waals surface area contributed by atoms with Crippen LogP contribution in [0.25, 0.3) is 0 Å². The Morgan fingerprint density at radius 3 is 2.79 bits per heavy atom. The number of phenolic OH excluding ortho intramolecular Hbond substituents is 1. The number of aryl methyl sites for hydroxylation is 1. The van der Waals surface area contributed by atoms with Crippen LogP contribution in [0.3, 0.4) is 0 Å². The quantitative estimate of drug-likeness (QED) is 0.767. The zero-order valence-corrected chi connectivity index (χ0v) is 11.7. The van der Waals surface area contributed by atoms with E-state index in [1.165, 1.54) is 38.0 Å². The molecule has 0 atom stereocenters. The second-order valence-corrected chi connectivity index (χ2v) is 5.05. The second kappa shape index (κ2) is 7.36. The first-order valence-corrected chi connectivity index (χ1v) is 7.08. The molecule has 1 heterocycles. The Morgan fingerprint density at radius 2 is 2.05 bits per heavy atom. The number of rotatable bonds is 6. The number of nitrogens with zero attached hydrogens (tertiary/aromatic N) is 1. The van der Waals surface area contributed by atoms with Crippen LogP contribution in [0.1, 0.15) is 18.4 Å².